The molecule has 132 valence electrons. The van der Waals surface area contributed by atoms with Crippen LogP contribution in [0.25, 0.3) is 0 Å². The van der Waals surface area contributed by atoms with Crippen LogP contribution in [0.2, 0.25) is 0 Å². The van der Waals surface area contributed by atoms with Gasteiger partial charge in [0, 0.05) is 10.3 Å². The van der Waals surface area contributed by atoms with Gasteiger partial charge in [0.1, 0.15) is 4.21 Å². The fraction of sp³-hybridized carbons (Fsp3) is 0.217. The van der Waals surface area contributed by atoms with Crippen LogP contribution >= 0.6 is 11.6 Å². The van der Waals surface area contributed by atoms with Gasteiger partial charge in [-0.2, -0.15) is 0 Å². The summed E-state index contributed by atoms with van der Waals surface area (Å²) in [6.45, 7) is 2.03. The largest absolute Gasteiger partial charge is 0.253 e. The fourth-order valence-corrected chi connectivity index (χ4v) is 6.23. The van der Waals surface area contributed by atoms with Gasteiger partial charge >= 0.3 is 0 Å². The van der Waals surface area contributed by atoms with Gasteiger partial charge in [0.05, 0.1) is 10.8 Å². The Kier molecular flexibility index (Phi) is 4.50. The van der Waals surface area contributed by atoms with Crippen molar-refractivity contribution < 1.29 is 4.21 Å². The first kappa shape index (κ1) is 17.5. The Balaban J connectivity index is 1.70. The average molecular weight is 381 g/mol. The van der Waals surface area contributed by atoms with Crippen LogP contribution in [0, 0.1) is 6.92 Å². The maximum absolute atomic E-state index is 13.2. The van der Waals surface area contributed by atoms with E-state index in [0.717, 1.165) is 10.5 Å². The van der Waals surface area contributed by atoms with Gasteiger partial charge in [-0.05, 0) is 43.0 Å². The molecule has 0 bridgehead atoms. The van der Waals surface area contributed by atoms with Crippen molar-refractivity contribution in [2.45, 2.75) is 34.3 Å². The Bertz CT molecular complexity index is 872. The Morgan fingerprint density at radius 3 is 1.69 bits per heavy atom. The van der Waals surface area contributed by atoms with Crippen LogP contribution in [-0.4, -0.2) is 8.42 Å². The smallest absolute Gasteiger partial charge is 0.126 e. The van der Waals surface area contributed by atoms with E-state index in [4.69, 9.17) is 11.6 Å². The molecule has 0 amide bonds. The SMILES string of the molecule is Cc1ccc(S(=O)C2(Cl)CC(c3ccccc3)(c3ccccc3)C2)cc1. The lowest BCUT2D eigenvalue weighted by Gasteiger charge is -2.53. The van der Waals surface area contributed by atoms with Gasteiger partial charge in [0.25, 0.3) is 0 Å². The van der Waals surface area contributed by atoms with Gasteiger partial charge in [-0.15, -0.1) is 11.6 Å². The van der Waals surface area contributed by atoms with Gasteiger partial charge in [0.15, 0.2) is 0 Å². The Labute approximate surface area is 162 Å². The van der Waals surface area contributed by atoms with E-state index in [-0.39, 0.29) is 5.41 Å². The molecule has 0 spiro atoms. The molecule has 0 radical (unpaired) electrons. The minimum absolute atomic E-state index is 0.176. The van der Waals surface area contributed by atoms with Crippen LogP contribution in [0.4, 0.5) is 0 Å². The molecular formula is C23H21ClOS. The first-order valence-corrected chi connectivity index (χ1v) is 10.3. The van der Waals surface area contributed by atoms with E-state index in [1.807, 2.05) is 43.3 Å². The number of alkyl halides is 1. The Morgan fingerprint density at radius 1 is 0.769 bits per heavy atom. The highest BCUT2D eigenvalue weighted by Gasteiger charge is 2.58. The van der Waals surface area contributed by atoms with E-state index < -0.39 is 15.0 Å². The van der Waals surface area contributed by atoms with E-state index in [2.05, 4.69) is 48.5 Å². The number of aryl methyl sites for hydroxylation is 1. The second-order valence-electron chi connectivity index (χ2n) is 7.13. The topological polar surface area (TPSA) is 17.1 Å². The second kappa shape index (κ2) is 6.68. The lowest BCUT2D eigenvalue weighted by Crippen LogP contribution is -2.54. The Morgan fingerprint density at radius 2 is 1.23 bits per heavy atom. The summed E-state index contributed by atoms with van der Waals surface area (Å²) in [6.07, 6.45) is 1.33. The maximum Gasteiger partial charge on any atom is 0.126 e. The maximum atomic E-state index is 13.2. The number of hydrogen-bond donors (Lipinski definition) is 0. The van der Waals surface area contributed by atoms with E-state index >= 15 is 0 Å². The highest BCUT2D eigenvalue weighted by molar-refractivity contribution is 7.88. The lowest BCUT2D eigenvalue weighted by atomic mass is 9.60. The third-order valence-corrected chi connectivity index (χ3v) is 7.69. The summed E-state index contributed by atoms with van der Waals surface area (Å²) in [4.78, 5) is 0.806. The normalized spacial score (nSPS) is 18.7. The number of hydrogen-bond acceptors (Lipinski definition) is 1. The molecule has 26 heavy (non-hydrogen) atoms. The van der Waals surface area contributed by atoms with Crippen LogP contribution in [0.3, 0.4) is 0 Å². The van der Waals surface area contributed by atoms with E-state index in [1.165, 1.54) is 11.1 Å². The average Bonchev–Trinajstić information content (AvgIpc) is 2.67. The Hall–Kier alpha value is -1.90. The number of rotatable bonds is 4. The van der Waals surface area contributed by atoms with Crippen LogP contribution in [0.5, 0.6) is 0 Å². The zero-order chi connectivity index (χ0) is 18.2. The molecule has 3 aromatic rings. The fourth-order valence-electron chi connectivity index (χ4n) is 3.94. The molecule has 0 heterocycles. The molecule has 4 rings (SSSR count). The number of benzene rings is 3. The molecule has 0 saturated heterocycles. The number of halogens is 1. The lowest BCUT2D eigenvalue weighted by molar-refractivity contribution is 0.279. The second-order valence-corrected chi connectivity index (χ2v) is 9.87. The van der Waals surface area contributed by atoms with Crippen molar-refractivity contribution in [3.05, 3.63) is 102 Å². The molecule has 1 atom stereocenters. The first-order valence-electron chi connectivity index (χ1n) is 8.82. The third-order valence-electron chi connectivity index (χ3n) is 5.35. The van der Waals surface area contributed by atoms with Crippen molar-refractivity contribution >= 4 is 22.4 Å². The van der Waals surface area contributed by atoms with E-state index in [0.29, 0.717) is 12.8 Å². The minimum atomic E-state index is -1.24. The molecular weight excluding hydrogens is 360 g/mol. The monoisotopic (exact) mass is 380 g/mol. The highest BCUT2D eigenvalue weighted by atomic mass is 35.5. The summed E-state index contributed by atoms with van der Waals surface area (Å²) in [5.41, 5.74) is 3.46. The highest BCUT2D eigenvalue weighted by Crippen LogP contribution is 2.59. The van der Waals surface area contributed by atoms with Gasteiger partial charge in [0.2, 0.25) is 0 Å². The molecule has 1 aliphatic rings. The zero-order valence-corrected chi connectivity index (χ0v) is 16.3. The van der Waals surface area contributed by atoms with E-state index in [9.17, 15) is 4.21 Å². The molecule has 3 heteroatoms. The van der Waals surface area contributed by atoms with Crippen molar-refractivity contribution in [1.29, 1.82) is 0 Å². The molecule has 0 N–H and O–H groups in total. The van der Waals surface area contributed by atoms with Gasteiger partial charge in [-0.1, -0.05) is 78.4 Å². The molecule has 1 saturated carbocycles. The zero-order valence-electron chi connectivity index (χ0n) is 14.7. The van der Waals surface area contributed by atoms with Crippen molar-refractivity contribution in [3.63, 3.8) is 0 Å². The molecule has 0 aliphatic heterocycles. The summed E-state index contributed by atoms with van der Waals surface area (Å²) in [5, 5.41) is 0. The standard InChI is InChI=1S/C23H21ClOS/c1-18-12-14-21(15-13-18)26(25)23(24)16-22(17-23,19-8-4-2-5-9-19)20-10-6-3-7-11-20/h2-15H,16-17H2,1H3. The van der Waals surface area contributed by atoms with Crippen molar-refractivity contribution in [1.82, 2.24) is 0 Å². The molecule has 0 aromatic heterocycles. The van der Waals surface area contributed by atoms with Gasteiger partial charge in [-0.3, -0.25) is 4.21 Å². The summed E-state index contributed by atoms with van der Waals surface area (Å²) >= 11 is 6.92. The van der Waals surface area contributed by atoms with Crippen LogP contribution in [0.15, 0.2) is 89.8 Å². The van der Waals surface area contributed by atoms with Crippen LogP contribution in [0.1, 0.15) is 29.5 Å². The van der Waals surface area contributed by atoms with Crippen LogP contribution in [-0.2, 0) is 16.2 Å². The summed E-state index contributed by atoms with van der Waals surface area (Å²) in [6, 6.07) is 28.8. The molecule has 1 fully saturated rings. The van der Waals surface area contributed by atoms with Crippen molar-refractivity contribution in [2.24, 2.45) is 0 Å². The minimum Gasteiger partial charge on any atom is -0.253 e. The quantitative estimate of drug-likeness (QED) is 0.521. The summed E-state index contributed by atoms with van der Waals surface area (Å²) in [7, 11) is -1.24. The van der Waals surface area contributed by atoms with Crippen LogP contribution < -0.4 is 0 Å². The van der Waals surface area contributed by atoms with Crippen molar-refractivity contribution in [3.8, 4) is 0 Å². The molecule has 1 aliphatic carbocycles. The van der Waals surface area contributed by atoms with Gasteiger partial charge in [-0.25, -0.2) is 0 Å². The third kappa shape index (κ3) is 2.91. The molecule has 1 nitrogen and oxygen atoms in total. The molecule has 3 aromatic carbocycles. The summed E-state index contributed by atoms with van der Waals surface area (Å²) in [5.74, 6) is 0. The van der Waals surface area contributed by atoms with Crippen molar-refractivity contribution in [2.75, 3.05) is 0 Å². The van der Waals surface area contributed by atoms with E-state index in [1.54, 1.807) is 0 Å². The van der Waals surface area contributed by atoms with Gasteiger partial charge < -0.3 is 0 Å². The predicted octanol–water partition coefficient (Wildman–Crippen LogP) is 5.82. The predicted molar refractivity (Wildman–Crippen MR) is 109 cm³/mol. The molecule has 1 unspecified atom stereocenters. The summed E-state index contributed by atoms with van der Waals surface area (Å²) < 4.78 is 12.5. The first-order chi connectivity index (χ1) is 12.5.